The minimum Gasteiger partial charge on any atom is -0.311 e. The predicted molar refractivity (Wildman–Crippen MR) is 60.5 cm³/mol. The molecule has 0 spiro atoms. The minimum atomic E-state index is 0.447. The average molecular weight is 196 g/mol. The summed E-state index contributed by atoms with van der Waals surface area (Å²) in [7, 11) is 0. The molecule has 82 valence electrons. The topological polar surface area (TPSA) is 15.3 Å². The average Bonchev–Trinajstić information content (AvgIpc) is 2.67. The summed E-state index contributed by atoms with van der Waals surface area (Å²) in [6, 6.07) is 0. The third-order valence-corrected chi connectivity index (χ3v) is 4.27. The van der Waals surface area contributed by atoms with Crippen LogP contribution < -0.4 is 5.32 Å². The molecule has 2 saturated heterocycles. The summed E-state index contributed by atoms with van der Waals surface area (Å²) in [5.41, 5.74) is 0.447. The van der Waals surface area contributed by atoms with Crippen molar-refractivity contribution in [2.45, 2.75) is 45.1 Å². The lowest BCUT2D eigenvalue weighted by molar-refractivity contribution is 0.180. The third-order valence-electron chi connectivity index (χ3n) is 4.27. The molecule has 0 aromatic rings. The Labute approximate surface area is 88.1 Å². The molecule has 0 aromatic carbocycles. The van der Waals surface area contributed by atoms with Gasteiger partial charge in [-0.1, -0.05) is 13.3 Å². The van der Waals surface area contributed by atoms with Crippen LogP contribution in [-0.4, -0.2) is 36.6 Å². The molecule has 2 nitrogen and oxygen atoms in total. The summed E-state index contributed by atoms with van der Waals surface area (Å²) >= 11 is 0. The third kappa shape index (κ3) is 1.96. The van der Waals surface area contributed by atoms with E-state index in [1.807, 2.05) is 0 Å². The van der Waals surface area contributed by atoms with Crippen molar-refractivity contribution < 1.29 is 0 Å². The first-order valence-corrected chi connectivity index (χ1v) is 6.22. The van der Waals surface area contributed by atoms with Crippen LogP contribution in [0.25, 0.3) is 0 Å². The van der Waals surface area contributed by atoms with Crippen molar-refractivity contribution in [1.29, 1.82) is 0 Å². The Morgan fingerprint density at radius 1 is 1.43 bits per heavy atom. The second-order valence-corrected chi connectivity index (χ2v) is 5.18. The van der Waals surface area contributed by atoms with Crippen LogP contribution >= 0.6 is 0 Å². The first kappa shape index (κ1) is 10.4. The zero-order chi connectivity index (χ0) is 10.0. The molecule has 2 heterocycles. The highest BCUT2D eigenvalue weighted by molar-refractivity contribution is 4.96. The second kappa shape index (κ2) is 4.19. The van der Waals surface area contributed by atoms with Crippen LogP contribution in [-0.2, 0) is 0 Å². The normalized spacial score (nSPS) is 40.3. The fourth-order valence-corrected chi connectivity index (χ4v) is 3.07. The van der Waals surface area contributed by atoms with Crippen molar-refractivity contribution in [3.63, 3.8) is 0 Å². The van der Waals surface area contributed by atoms with Gasteiger partial charge in [0.1, 0.15) is 0 Å². The number of likely N-dealkylation sites (tertiary alicyclic amines) is 1. The van der Waals surface area contributed by atoms with Gasteiger partial charge in [-0.2, -0.15) is 0 Å². The van der Waals surface area contributed by atoms with E-state index in [2.05, 4.69) is 24.1 Å². The summed E-state index contributed by atoms with van der Waals surface area (Å²) in [4.78, 5) is 2.59. The second-order valence-electron chi connectivity index (χ2n) is 5.18. The standard InChI is InChI=1S/C12H24N2/c1-3-14-9-6-11(10-14)12(2)7-4-5-8-13-12/h11,13H,3-10H2,1-2H3. The molecule has 2 atom stereocenters. The van der Waals surface area contributed by atoms with E-state index in [1.54, 1.807) is 0 Å². The summed E-state index contributed by atoms with van der Waals surface area (Å²) in [5.74, 6) is 0.891. The van der Waals surface area contributed by atoms with E-state index in [-0.39, 0.29) is 0 Å². The monoisotopic (exact) mass is 196 g/mol. The molecule has 0 bridgehead atoms. The van der Waals surface area contributed by atoms with Gasteiger partial charge in [0.2, 0.25) is 0 Å². The Kier molecular flexibility index (Phi) is 3.13. The number of piperidine rings is 1. The molecule has 0 aliphatic carbocycles. The highest BCUT2D eigenvalue weighted by Gasteiger charge is 2.38. The van der Waals surface area contributed by atoms with Gasteiger partial charge in [-0.15, -0.1) is 0 Å². The molecule has 2 heteroatoms. The number of nitrogens with zero attached hydrogens (tertiary/aromatic N) is 1. The van der Waals surface area contributed by atoms with Crippen LogP contribution in [0.2, 0.25) is 0 Å². The molecule has 2 unspecified atom stereocenters. The van der Waals surface area contributed by atoms with Crippen LogP contribution in [0.5, 0.6) is 0 Å². The largest absolute Gasteiger partial charge is 0.311 e. The zero-order valence-corrected chi connectivity index (χ0v) is 9.68. The van der Waals surface area contributed by atoms with E-state index in [0.29, 0.717) is 5.54 Å². The maximum absolute atomic E-state index is 3.76. The molecule has 14 heavy (non-hydrogen) atoms. The number of hydrogen-bond donors (Lipinski definition) is 1. The van der Waals surface area contributed by atoms with Gasteiger partial charge in [0.25, 0.3) is 0 Å². The van der Waals surface area contributed by atoms with E-state index < -0.39 is 0 Å². The molecule has 1 N–H and O–H groups in total. The van der Waals surface area contributed by atoms with Crippen molar-refractivity contribution in [1.82, 2.24) is 10.2 Å². The molecule has 2 aliphatic heterocycles. The van der Waals surface area contributed by atoms with Crippen molar-refractivity contribution in [2.24, 2.45) is 5.92 Å². The number of rotatable bonds is 2. The lowest BCUT2D eigenvalue weighted by atomic mass is 9.79. The van der Waals surface area contributed by atoms with Gasteiger partial charge in [-0.3, -0.25) is 0 Å². The molecule has 0 aromatic heterocycles. The Bertz CT molecular complexity index is 185. The van der Waals surface area contributed by atoms with Crippen molar-refractivity contribution in [3.8, 4) is 0 Å². The molecule has 2 fully saturated rings. The van der Waals surface area contributed by atoms with Gasteiger partial charge in [-0.25, -0.2) is 0 Å². The summed E-state index contributed by atoms with van der Waals surface area (Å²) in [6.45, 7) is 9.82. The quantitative estimate of drug-likeness (QED) is 0.725. The predicted octanol–water partition coefficient (Wildman–Crippen LogP) is 1.86. The number of nitrogens with one attached hydrogen (secondary N) is 1. The van der Waals surface area contributed by atoms with Gasteiger partial charge in [-0.05, 0) is 51.7 Å². The van der Waals surface area contributed by atoms with Crippen molar-refractivity contribution >= 4 is 0 Å². The molecular weight excluding hydrogens is 172 g/mol. The first-order valence-electron chi connectivity index (χ1n) is 6.22. The van der Waals surface area contributed by atoms with Gasteiger partial charge in [0.15, 0.2) is 0 Å². The SMILES string of the molecule is CCN1CCC(C2(C)CCCCN2)C1. The zero-order valence-electron chi connectivity index (χ0n) is 9.68. The van der Waals surface area contributed by atoms with E-state index in [9.17, 15) is 0 Å². The molecule has 0 saturated carbocycles. The molecule has 2 rings (SSSR count). The lowest BCUT2D eigenvalue weighted by Gasteiger charge is -2.40. The Balaban J connectivity index is 1.93. The van der Waals surface area contributed by atoms with Gasteiger partial charge in [0, 0.05) is 12.1 Å². The van der Waals surface area contributed by atoms with Gasteiger partial charge in [0.05, 0.1) is 0 Å². The van der Waals surface area contributed by atoms with Gasteiger partial charge < -0.3 is 10.2 Å². The number of hydrogen-bond acceptors (Lipinski definition) is 2. The van der Waals surface area contributed by atoms with Crippen molar-refractivity contribution in [2.75, 3.05) is 26.2 Å². The minimum absolute atomic E-state index is 0.447. The highest BCUT2D eigenvalue weighted by Crippen LogP contribution is 2.33. The van der Waals surface area contributed by atoms with Crippen LogP contribution in [0.4, 0.5) is 0 Å². The Morgan fingerprint density at radius 2 is 2.29 bits per heavy atom. The molecule has 2 aliphatic rings. The van der Waals surface area contributed by atoms with Crippen LogP contribution in [0.1, 0.15) is 39.5 Å². The fourth-order valence-electron chi connectivity index (χ4n) is 3.07. The Morgan fingerprint density at radius 3 is 2.86 bits per heavy atom. The van der Waals surface area contributed by atoms with E-state index in [0.717, 1.165) is 5.92 Å². The van der Waals surface area contributed by atoms with E-state index >= 15 is 0 Å². The highest BCUT2D eigenvalue weighted by atomic mass is 15.2. The fraction of sp³-hybridized carbons (Fsp3) is 1.00. The Hall–Kier alpha value is -0.0800. The van der Waals surface area contributed by atoms with Crippen LogP contribution in [0, 0.1) is 5.92 Å². The summed E-state index contributed by atoms with van der Waals surface area (Å²) < 4.78 is 0. The maximum Gasteiger partial charge on any atom is 0.0194 e. The molecule has 0 amide bonds. The summed E-state index contributed by atoms with van der Waals surface area (Å²) in [5, 5.41) is 3.76. The molecule has 0 radical (unpaired) electrons. The van der Waals surface area contributed by atoms with Gasteiger partial charge >= 0.3 is 0 Å². The van der Waals surface area contributed by atoms with Crippen molar-refractivity contribution in [3.05, 3.63) is 0 Å². The van der Waals surface area contributed by atoms with E-state index in [1.165, 1.54) is 51.9 Å². The summed E-state index contributed by atoms with van der Waals surface area (Å²) in [6.07, 6.45) is 5.58. The maximum atomic E-state index is 3.76. The van der Waals surface area contributed by atoms with E-state index in [4.69, 9.17) is 0 Å². The smallest absolute Gasteiger partial charge is 0.0194 e. The first-order chi connectivity index (χ1) is 6.74. The lowest BCUT2D eigenvalue weighted by Crippen LogP contribution is -2.52. The van der Waals surface area contributed by atoms with Crippen LogP contribution in [0.3, 0.4) is 0 Å². The molecular formula is C12H24N2. The van der Waals surface area contributed by atoms with Crippen LogP contribution in [0.15, 0.2) is 0 Å².